The summed E-state index contributed by atoms with van der Waals surface area (Å²) in [5, 5.41) is 9.48. The summed E-state index contributed by atoms with van der Waals surface area (Å²) in [6.45, 7) is 3.19. The molecule has 0 bridgehead atoms. The number of rotatable bonds is 1. The molecule has 1 nitrogen and oxygen atoms in total. The van der Waals surface area contributed by atoms with Crippen LogP contribution in [-0.4, -0.2) is 17.5 Å². The van der Waals surface area contributed by atoms with Crippen LogP contribution in [0.1, 0.15) is 10.4 Å². The first-order chi connectivity index (χ1) is 7.00. The van der Waals surface area contributed by atoms with Gasteiger partial charge < -0.3 is 5.11 Å². The quantitative estimate of drug-likeness (QED) is 0.771. The second-order valence-electron chi connectivity index (χ2n) is 3.01. The normalized spacial score (nSPS) is 14.2. The van der Waals surface area contributed by atoms with Crippen LogP contribution in [0.5, 0.6) is 0 Å². The second-order valence-corrected chi connectivity index (χ2v) is 4.00. The minimum absolute atomic E-state index is 0.00178. The number of hydrogen-bond acceptors (Lipinski definition) is 2. The summed E-state index contributed by atoms with van der Waals surface area (Å²) < 4.78 is 73.9. The maximum absolute atomic E-state index is 12.3. The first-order valence-corrected chi connectivity index (χ1v) is 4.65. The molecular formula is C8H5F6OS. The lowest BCUT2D eigenvalue weighted by molar-refractivity contribution is -0.376. The first-order valence-electron chi connectivity index (χ1n) is 3.77. The fourth-order valence-electron chi connectivity index (χ4n) is 1.06. The van der Waals surface area contributed by atoms with E-state index in [0.29, 0.717) is 22.8 Å². The molecule has 0 unspecified atom stereocenters. The predicted molar refractivity (Wildman–Crippen MR) is 44.8 cm³/mol. The fraction of sp³-hybridized carbons (Fsp3) is 0.375. The highest BCUT2D eigenvalue weighted by atomic mass is 32.1. The average molecular weight is 263 g/mol. The van der Waals surface area contributed by atoms with Gasteiger partial charge in [0, 0.05) is 10.4 Å². The number of halogens is 6. The Morgan fingerprint density at radius 1 is 1.06 bits per heavy atom. The van der Waals surface area contributed by atoms with E-state index in [0.717, 1.165) is 0 Å². The lowest BCUT2D eigenvalue weighted by atomic mass is 9.95. The molecule has 1 N–H and O–H groups in total. The van der Waals surface area contributed by atoms with Crippen LogP contribution in [-0.2, 0) is 5.60 Å². The maximum Gasteiger partial charge on any atom is 0.430 e. The van der Waals surface area contributed by atoms with Crippen molar-refractivity contribution in [3.63, 3.8) is 0 Å². The van der Waals surface area contributed by atoms with Crippen LogP contribution in [0, 0.1) is 6.92 Å². The van der Waals surface area contributed by atoms with E-state index in [1.54, 1.807) is 0 Å². The van der Waals surface area contributed by atoms with Crippen molar-refractivity contribution in [1.82, 2.24) is 0 Å². The summed E-state index contributed by atoms with van der Waals surface area (Å²) >= 11 is 0.592. The van der Waals surface area contributed by atoms with Crippen LogP contribution in [0.3, 0.4) is 0 Å². The van der Waals surface area contributed by atoms with Gasteiger partial charge in [0.25, 0.3) is 5.60 Å². The third-order valence-corrected chi connectivity index (χ3v) is 2.68. The smallest absolute Gasteiger partial charge is 0.369 e. The van der Waals surface area contributed by atoms with Crippen molar-refractivity contribution in [3.05, 3.63) is 28.8 Å². The Balaban J connectivity index is 3.38. The molecule has 91 valence electrons. The van der Waals surface area contributed by atoms with Crippen molar-refractivity contribution in [2.24, 2.45) is 0 Å². The summed E-state index contributed by atoms with van der Waals surface area (Å²) in [6, 6.07) is 0.561. The van der Waals surface area contributed by atoms with Gasteiger partial charge in [0.05, 0.1) is 0 Å². The summed E-state index contributed by atoms with van der Waals surface area (Å²) in [5.41, 5.74) is -6.10. The molecule has 16 heavy (non-hydrogen) atoms. The van der Waals surface area contributed by atoms with E-state index in [-0.39, 0.29) is 4.88 Å². The molecule has 0 saturated carbocycles. The minimum Gasteiger partial charge on any atom is -0.369 e. The number of thiophene rings is 1. The molecule has 8 heteroatoms. The first kappa shape index (κ1) is 13.3. The predicted octanol–water partition coefficient (Wildman–Crippen LogP) is 3.24. The lowest BCUT2D eigenvalue weighted by Crippen LogP contribution is -2.53. The van der Waals surface area contributed by atoms with Gasteiger partial charge in [-0.15, -0.1) is 11.3 Å². The van der Waals surface area contributed by atoms with Crippen molar-refractivity contribution in [2.45, 2.75) is 18.0 Å². The molecule has 0 aromatic carbocycles. The molecule has 0 spiro atoms. The van der Waals surface area contributed by atoms with Crippen molar-refractivity contribution >= 4 is 11.3 Å². The highest BCUT2D eigenvalue weighted by Crippen LogP contribution is 2.50. The van der Waals surface area contributed by atoms with Crippen LogP contribution < -0.4 is 0 Å². The van der Waals surface area contributed by atoms with Gasteiger partial charge >= 0.3 is 12.4 Å². The zero-order valence-electron chi connectivity index (χ0n) is 7.49. The molecule has 1 aromatic heterocycles. The van der Waals surface area contributed by atoms with Crippen molar-refractivity contribution in [1.29, 1.82) is 0 Å². The molecule has 0 aliphatic heterocycles. The monoisotopic (exact) mass is 263 g/mol. The van der Waals surface area contributed by atoms with Crippen LogP contribution in [0.4, 0.5) is 26.3 Å². The zero-order chi connectivity index (χ0) is 12.8. The van der Waals surface area contributed by atoms with Gasteiger partial charge in [-0.3, -0.25) is 0 Å². The Kier molecular flexibility index (Phi) is 3.01. The third-order valence-electron chi connectivity index (χ3n) is 1.89. The summed E-state index contributed by atoms with van der Waals surface area (Å²) in [7, 11) is 0. The van der Waals surface area contributed by atoms with Gasteiger partial charge in [0.1, 0.15) is 0 Å². The SMILES string of the molecule is [CH2]c1cc(C(O)(C(F)(F)F)C(F)(F)F)cs1. The summed E-state index contributed by atoms with van der Waals surface area (Å²) in [6.07, 6.45) is -11.7. The Bertz CT molecular complexity index is 363. The Morgan fingerprint density at radius 3 is 1.75 bits per heavy atom. The van der Waals surface area contributed by atoms with Gasteiger partial charge in [-0.25, -0.2) is 0 Å². The highest BCUT2D eigenvalue weighted by molar-refractivity contribution is 7.10. The lowest BCUT2D eigenvalue weighted by Gasteiger charge is -2.31. The molecule has 1 rings (SSSR count). The molecule has 0 amide bonds. The van der Waals surface area contributed by atoms with E-state index < -0.39 is 23.5 Å². The third kappa shape index (κ3) is 1.91. The maximum atomic E-state index is 12.3. The van der Waals surface area contributed by atoms with Gasteiger partial charge in [-0.1, -0.05) is 0 Å². The number of alkyl halides is 6. The second kappa shape index (κ2) is 3.63. The average Bonchev–Trinajstić information content (AvgIpc) is 2.46. The van der Waals surface area contributed by atoms with Gasteiger partial charge in [-0.05, 0) is 18.4 Å². The Hall–Kier alpha value is -0.760. The number of hydrogen-bond donors (Lipinski definition) is 1. The minimum atomic E-state index is -5.83. The summed E-state index contributed by atoms with van der Waals surface area (Å²) in [5.74, 6) is 0. The van der Waals surface area contributed by atoms with E-state index in [1.807, 2.05) is 0 Å². The summed E-state index contributed by atoms with van der Waals surface area (Å²) in [4.78, 5) is 0.00178. The van der Waals surface area contributed by atoms with E-state index >= 15 is 0 Å². The standard InChI is InChI=1S/C8H5F6OS/c1-4-2-5(3-16-4)6(15,7(9,10)11)8(12,13)14/h2-3,15H,1H2. The van der Waals surface area contributed by atoms with Crippen LogP contribution in [0.2, 0.25) is 0 Å². The molecule has 0 aliphatic rings. The fourth-order valence-corrected chi connectivity index (χ4v) is 1.77. The van der Waals surface area contributed by atoms with Crippen molar-refractivity contribution in [3.8, 4) is 0 Å². The van der Waals surface area contributed by atoms with Crippen LogP contribution in [0.15, 0.2) is 11.4 Å². The van der Waals surface area contributed by atoms with E-state index in [1.165, 1.54) is 0 Å². The van der Waals surface area contributed by atoms with Crippen molar-refractivity contribution < 1.29 is 31.4 Å². The van der Waals surface area contributed by atoms with Crippen LogP contribution in [0.25, 0.3) is 0 Å². The molecule has 1 aromatic rings. The van der Waals surface area contributed by atoms with E-state index in [4.69, 9.17) is 5.11 Å². The van der Waals surface area contributed by atoms with Gasteiger partial charge in [-0.2, -0.15) is 26.3 Å². The highest BCUT2D eigenvalue weighted by Gasteiger charge is 2.71. The van der Waals surface area contributed by atoms with E-state index in [9.17, 15) is 26.3 Å². The molecule has 1 radical (unpaired) electrons. The number of aliphatic hydroxyl groups is 1. The topological polar surface area (TPSA) is 20.2 Å². The van der Waals surface area contributed by atoms with Crippen LogP contribution >= 0.6 is 11.3 Å². The molecule has 0 atom stereocenters. The Morgan fingerprint density at radius 2 is 1.50 bits per heavy atom. The molecule has 1 heterocycles. The van der Waals surface area contributed by atoms with Gasteiger partial charge in [0.15, 0.2) is 0 Å². The Labute approximate surface area is 90.3 Å². The molecule has 0 saturated heterocycles. The van der Waals surface area contributed by atoms with Crippen molar-refractivity contribution in [2.75, 3.05) is 0 Å². The van der Waals surface area contributed by atoms with E-state index in [2.05, 4.69) is 6.92 Å². The zero-order valence-corrected chi connectivity index (χ0v) is 8.30. The largest absolute Gasteiger partial charge is 0.430 e. The molecule has 0 fully saturated rings. The molecular weight excluding hydrogens is 258 g/mol. The molecule has 0 aliphatic carbocycles. The van der Waals surface area contributed by atoms with Gasteiger partial charge in [0.2, 0.25) is 0 Å².